The summed E-state index contributed by atoms with van der Waals surface area (Å²) in [5, 5.41) is 10.0. The molecular formula is C46H30N2OS. The SMILES string of the molecule is C1=c2c(sc3ccccc23)=C(N(c2ccc3c4c5ccccc5ccc4n(-c4ccccc4)c3c2)c2cccc3c2oc2ccccc23)CC1. The first-order chi connectivity index (χ1) is 24.8. The molecule has 1 aliphatic carbocycles. The smallest absolute Gasteiger partial charge is 0.159 e. The molecule has 0 bridgehead atoms. The third kappa shape index (κ3) is 3.97. The molecule has 0 unspecified atom stereocenters. The normalized spacial score (nSPS) is 13.2. The Morgan fingerprint density at radius 2 is 1.38 bits per heavy atom. The highest BCUT2D eigenvalue weighted by molar-refractivity contribution is 7.17. The molecule has 7 aromatic carbocycles. The Labute approximate surface area is 291 Å². The molecule has 50 heavy (non-hydrogen) atoms. The van der Waals surface area contributed by atoms with Crippen LogP contribution in [-0.2, 0) is 0 Å². The van der Waals surface area contributed by atoms with E-state index in [9.17, 15) is 0 Å². The number of fused-ring (bicyclic) bond motifs is 11. The van der Waals surface area contributed by atoms with Crippen molar-refractivity contribution in [2.45, 2.75) is 12.8 Å². The zero-order valence-corrected chi connectivity index (χ0v) is 28.0. The van der Waals surface area contributed by atoms with Gasteiger partial charge in [-0.2, -0.15) is 0 Å². The molecule has 3 heterocycles. The Hall–Kier alpha value is -6.10. The van der Waals surface area contributed by atoms with E-state index in [1.807, 2.05) is 11.3 Å². The van der Waals surface area contributed by atoms with Crippen LogP contribution in [0, 0.1) is 0 Å². The molecule has 3 nitrogen and oxygen atoms in total. The molecule has 3 aromatic heterocycles. The Bertz CT molecular complexity index is 3110. The van der Waals surface area contributed by atoms with Crippen molar-refractivity contribution in [3.8, 4) is 5.69 Å². The fourth-order valence-corrected chi connectivity index (χ4v) is 9.55. The summed E-state index contributed by atoms with van der Waals surface area (Å²) in [6.07, 6.45) is 4.34. The van der Waals surface area contributed by atoms with Crippen LogP contribution in [0.2, 0.25) is 0 Å². The fraction of sp³-hybridized carbons (Fsp3) is 0.0435. The van der Waals surface area contributed by atoms with Crippen LogP contribution < -0.4 is 14.7 Å². The minimum Gasteiger partial charge on any atom is -0.454 e. The summed E-state index contributed by atoms with van der Waals surface area (Å²) in [6.45, 7) is 0. The van der Waals surface area contributed by atoms with E-state index in [1.54, 1.807) is 0 Å². The van der Waals surface area contributed by atoms with Crippen LogP contribution in [0.25, 0.3) is 82.1 Å². The lowest BCUT2D eigenvalue weighted by atomic mass is 10.0. The number of para-hydroxylation sites is 3. The number of anilines is 2. The van der Waals surface area contributed by atoms with Gasteiger partial charge in [-0.05, 0) is 77.4 Å². The maximum Gasteiger partial charge on any atom is 0.159 e. The molecule has 0 N–H and O–H groups in total. The van der Waals surface area contributed by atoms with Gasteiger partial charge in [-0.25, -0.2) is 0 Å². The summed E-state index contributed by atoms with van der Waals surface area (Å²) in [5.74, 6) is 0. The Morgan fingerprint density at radius 1 is 0.600 bits per heavy atom. The van der Waals surface area contributed by atoms with Gasteiger partial charge in [0.05, 0.1) is 21.3 Å². The van der Waals surface area contributed by atoms with Crippen LogP contribution in [-0.4, -0.2) is 4.57 Å². The lowest BCUT2D eigenvalue weighted by Crippen LogP contribution is -2.32. The summed E-state index contributed by atoms with van der Waals surface area (Å²) < 4.78 is 11.8. The maximum atomic E-state index is 6.74. The first-order valence-corrected chi connectivity index (χ1v) is 18.1. The van der Waals surface area contributed by atoms with Gasteiger partial charge in [0.2, 0.25) is 0 Å². The third-order valence-corrected chi connectivity index (χ3v) is 11.7. The van der Waals surface area contributed by atoms with Crippen LogP contribution in [0.3, 0.4) is 0 Å². The predicted molar refractivity (Wildman–Crippen MR) is 212 cm³/mol. The molecule has 0 fully saturated rings. The van der Waals surface area contributed by atoms with E-state index in [4.69, 9.17) is 4.42 Å². The van der Waals surface area contributed by atoms with E-state index >= 15 is 0 Å². The van der Waals surface area contributed by atoms with E-state index in [0.29, 0.717) is 0 Å². The van der Waals surface area contributed by atoms with Gasteiger partial charge in [0.15, 0.2) is 5.58 Å². The van der Waals surface area contributed by atoms with Gasteiger partial charge in [0, 0.05) is 48.7 Å². The molecule has 0 saturated carbocycles. The largest absolute Gasteiger partial charge is 0.454 e. The number of furan rings is 1. The molecular weight excluding hydrogens is 629 g/mol. The van der Waals surface area contributed by atoms with E-state index < -0.39 is 0 Å². The van der Waals surface area contributed by atoms with Gasteiger partial charge in [-0.3, -0.25) is 0 Å². The van der Waals surface area contributed by atoms with E-state index in [-0.39, 0.29) is 0 Å². The minimum atomic E-state index is 0.908. The van der Waals surface area contributed by atoms with Crippen molar-refractivity contribution < 1.29 is 4.42 Å². The molecule has 4 heteroatoms. The summed E-state index contributed by atoms with van der Waals surface area (Å²) in [6, 6.07) is 54.9. The average molecular weight is 659 g/mol. The molecule has 0 atom stereocenters. The standard InChI is InChI=1S/C46H30N2OS/c1-2-13-30(14-3-1)47-38-27-24-29-12-4-5-15-32(29)44(38)37-26-25-31(28-41(37)47)48(39-20-10-18-35-33-16-6-8-22-42(33)49-45(35)39)40-21-11-19-36-34-17-7-9-23-43(34)50-46(36)40/h1-10,12-20,22-28H,11,21H2. The first kappa shape index (κ1) is 27.8. The van der Waals surface area contributed by atoms with Gasteiger partial charge in [0.25, 0.3) is 0 Å². The lowest BCUT2D eigenvalue weighted by Gasteiger charge is -2.29. The second-order valence-electron chi connectivity index (χ2n) is 13.2. The number of nitrogens with zero attached hydrogens (tertiary/aromatic N) is 2. The number of thiophene rings is 1. The maximum absolute atomic E-state index is 6.74. The van der Waals surface area contributed by atoms with Gasteiger partial charge >= 0.3 is 0 Å². The quantitative estimate of drug-likeness (QED) is 0.188. The summed E-state index contributed by atoms with van der Waals surface area (Å²) in [7, 11) is 0. The highest BCUT2D eigenvalue weighted by Gasteiger charge is 2.25. The molecule has 0 amide bonds. The second-order valence-corrected chi connectivity index (χ2v) is 14.2. The van der Waals surface area contributed by atoms with Crippen LogP contribution in [0.1, 0.15) is 12.8 Å². The monoisotopic (exact) mass is 658 g/mol. The summed E-state index contributed by atoms with van der Waals surface area (Å²) >= 11 is 1.90. The fourth-order valence-electron chi connectivity index (χ4n) is 8.28. The summed E-state index contributed by atoms with van der Waals surface area (Å²) in [4.78, 5) is 2.50. The molecule has 10 aromatic rings. The molecule has 11 rings (SSSR count). The molecule has 0 saturated heterocycles. The number of hydrogen-bond donors (Lipinski definition) is 0. The third-order valence-electron chi connectivity index (χ3n) is 10.4. The molecule has 1 aliphatic rings. The number of benzene rings is 7. The van der Waals surface area contributed by atoms with Gasteiger partial charge < -0.3 is 13.9 Å². The number of aromatic nitrogens is 1. The molecule has 0 radical (unpaired) electrons. The molecule has 0 aliphatic heterocycles. The second kappa shape index (κ2) is 10.7. The highest BCUT2D eigenvalue weighted by Crippen LogP contribution is 2.44. The van der Waals surface area contributed by atoms with E-state index in [2.05, 4.69) is 167 Å². The van der Waals surface area contributed by atoms with Crippen molar-refractivity contribution in [1.82, 2.24) is 4.57 Å². The molecule has 0 spiro atoms. The van der Waals surface area contributed by atoms with Crippen molar-refractivity contribution in [2.24, 2.45) is 0 Å². The van der Waals surface area contributed by atoms with Crippen LogP contribution in [0.5, 0.6) is 0 Å². The summed E-state index contributed by atoms with van der Waals surface area (Å²) in [5.41, 5.74) is 8.85. The van der Waals surface area contributed by atoms with Crippen molar-refractivity contribution in [2.75, 3.05) is 4.90 Å². The Balaban J connectivity index is 1.27. The number of hydrogen-bond acceptors (Lipinski definition) is 3. The van der Waals surface area contributed by atoms with Crippen molar-refractivity contribution in [3.05, 3.63) is 161 Å². The minimum absolute atomic E-state index is 0.908. The lowest BCUT2D eigenvalue weighted by molar-refractivity contribution is 0.669. The van der Waals surface area contributed by atoms with E-state index in [0.717, 1.165) is 51.8 Å². The van der Waals surface area contributed by atoms with Crippen molar-refractivity contribution >= 4 is 99.1 Å². The molecule has 236 valence electrons. The van der Waals surface area contributed by atoms with Crippen molar-refractivity contribution in [1.29, 1.82) is 0 Å². The Kier molecular flexibility index (Phi) is 5.95. The van der Waals surface area contributed by atoms with E-state index in [1.165, 1.54) is 58.1 Å². The van der Waals surface area contributed by atoms with Crippen LogP contribution >= 0.6 is 11.3 Å². The van der Waals surface area contributed by atoms with Crippen molar-refractivity contribution in [3.63, 3.8) is 0 Å². The predicted octanol–water partition coefficient (Wildman–Crippen LogP) is 11.6. The van der Waals surface area contributed by atoms with Crippen LogP contribution in [0.15, 0.2) is 156 Å². The van der Waals surface area contributed by atoms with Gasteiger partial charge in [-0.1, -0.05) is 109 Å². The van der Waals surface area contributed by atoms with Gasteiger partial charge in [-0.15, -0.1) is 11.3 Å². The number of rotatable bonds is 4. The first-order valence-electron chi connectivity index (χ1n) is 17.2. The topological polar surface area (TPSA) is 21.3 Å². The highest BCUT2D eigenvalue weighted by atomic mass is 32.1. The average Bonchev–Trinajstić information content (AvgIpc) is 3.86. The van der Waals surface area contributed by atoms with Crippen LogP contribution in [0.4, 0.5) is 11.4 Å². The zero-order valence-electron chi connectivity index (χ0n) is 27.1. The van der Waals surface area contributed by atoms with Gasteiger partial charge in [0.1, 0.15) is 5.58 Å². The Morgan fingerprint density at radius 3 is 2.30 bits per heavy atom. The zero-order chi connectivity index (χ0) is 32.8.